The van der Waals surface area contributed by atoms with Crippen LogP contribution in [0.4, 0.5) is 11.5 Å². The van der Waals surface area contributed by atoms with Gasteiger partial charge in [0.1, 0.15) is 5.82 Å². The molecule has 210 valence electrons. The van der Waals surface area contributed by atoms with E-state index in [0.29, 0.717) is 30.2 Å². The quantitative estimate of drug-likeness (QED) is 0.242. The summed E-state index contributed by atoms with van der Waals surface area (Å²) in [6, 6.07) is 24.9. The van der Waals surface area contributed by atoms with E-state index in [1.165, 1.54) is 11.1 Å². The number of amides is 1. The van der Waals surface area contributed by atoms with Crippen molar-refractivity contribution in [1.29, 1.82) is 0 Å². The van der Waals surface area contributed by atoms with Crippen LogP contribution < -0.4 is 11.1 Å². The van der Waals surface area contributed by atoms with E-state index >= 15 is 0 Å². The van der Waals surface area contributed by atoms with Gasteiger partial charge in [0.2, 0.25) is 0 Å². The zero-order valence-corrected chi connectivity index (χ0v) is 23.3. The molecule has 1 amide bonds. The number of nitrogens with zero attached hydrogens (tertiary/aromatic N) is 2. The van der Waals surface area contributed by atoms with E-state index in [-0.39, 0.29) is 17.6 Å². The number of Topliss-reactive ketones (excluding diaryl/α,β-unsaturated/α-hetero) is 1. The number of carbonyl (C=O) groups is 2. The molecule has 3 N–H and O–H groups in total. The van der Waals surface area contributed by atoms with Gasteiger partial charge in [0.15, 0.2) is 5.78 Å². The largest absolute Gasteiger partial charge is 0.383 e. The van der Waals surface area contributed by atoms with Crippen LogP contribution in [-0.4, -0.2) is 34.7 Å². The predicted octanol–water partition coefficient (Wildman–Crippen LogP) is 5.44. The Balaban J connectivity index is 0.987. The Morgan fingerprint density at radius 1 is 0.905 bits per heavy atom. The number of nitrogen functional groups attached to an aromatic ring is 1. The van der Waals surface area contributed by atoms with Crippen molar-refractivity contribution in [3.63, 3.8) is 0 Å². The smallest absolute Gasteiger partial charge is 0.255 e. The fourth-order valence-electron chi connectivity index (χ4n) is 5.45. The standard InChI is InChI=1S/C35H32N4O3/c36-34-32(2-1-17-37-34)33(40)27-15-18-39(19-16-27)21-26-6-10-28(11-7-26)35(41)38-31-13-8-24(9-14-31)3-4-25-5-12-29-22-42-23-30(29)20-25/h1-2,5-14,17,20,27H,15-16,18-19,21-23H2,(H2,36,37)(H,38,41). The Morgan fingerprint density at radius 3 is 2.38 bits per heavy atom. The normalized spacial score (nSPS) is 15.0. The minimum absolute atomic E-state index is 0.0279. The molecule has 1 aromatic heterocycles. The fraction of sp³-hybridized carbons (Fsp3) is 0.229. The Labute approximate surface area is 245 Å². The highest BCUT2D eigenvalue weighted by Gasteiger charge is 2.27. The molecule has 0 atom stereocenters. The van der Waals surface area contributed by atoms with Crippen molar-refractivity contribution in [2.24, 2.45) is 5.92 Å². The van der Waals surface area contributed by atoms with Crippen LogP contribution in [0.2, 0.25) is 0 Å². The molecule has 0 spiro atoms. The molecule has 2 aliphatic rings. The molecular weight excluding hydrogens is 524 g/mol. The van der Waals surface area contributed by atoms with E-state index in [2.05, 4.69) is 39.2 Å². The van der Waals surface area contributed by atoms with Crippen LogP contribution in [0.3, 0.4) is 0 Å². The van der Waals surface area contributed by atoms with Gasteiger partial charge in [-0.15, -0.1) is 0 Å². The number of ketones is 1. The highest BCUT2D eigenvalue weighted by Crippen LogP contribution is 2.25. The molecule has 1 saturated heterocycles. The molecule has 0 bridgehead atoms. The molecule has 4 aromatic rings. The summed E-state index contributed by atoms with van der Waals surface area (Å²) in [5, 5.41) is 2.96. The molecule has 2 aliphatic heterocycles. The molecule has 3 heterocycles. The van der Waals surface area contributed by atoms with Crippen molar-refractivity contribution < 1.29 is 14.3 Å². The van der Waals surface area contributed by atoms with Crippen molar-refractivity contribution in [3.05, 3.63) is 124 Å². The zero-order valence-electron chi connectivity index (χ0n) is 23.3. The van der Waals surface area contributed by atoms with E-state index in [9.17, 15) is 9.59 Å². The van der Waals surface area contributed by atoms with Crippen LogP contribution >= 0.6 is 0 Å². The van der Waals surface area contributed by atoms with Gasteiger partial charge in [-0.2, -0.15) is 0 Å². The zero-order chi connectivity index (χ0) is 28.9. The number of benzene rings is 3. The van der Waals surface area contributed by atoms with E-state index in [1.54, 1.807) is 18.3 Å². The maximum Gasteiger partial charge on any atom is 0.255 e. The van der Waals surface area contributed by atoms with Gasteiger partial charge in [-0.1, -0.05) is 30.0 Å². The number of anilines is 2. The number of piperidine rings is 1. The maximum absolute atomic E-state index is 12.9. The third-order valence-corrected chi connectivity index (χ3v) is 7.90. The first-order valence-electron chi connectivity index (χ1n) is 14.2. The van der Waals surface area contributed by atoms with Gasteiger partial charge in [-0.3, -0.25) is 14.5 Å². The van der Waals surface area contributed by atoms with E-state index in [1.807, 2.05) is 54.6 Å². The summed E-state index contributed by atoms with van der Waals surface area (Å²) in [6.45, 7) is 3.77. The average molecular weight is 557 g/mol. The number of carbonyl (C=O) groups excluding carboxylic acids is 2. The average Bonchev–Trinajstić information content (AvgIpc) is 3.49. The lowest BCUT2D eigenvalue weighted by Gasteiger charge is -2.31. The van der Waals surface area contributed by atoms with Gasteiger partial charge < -0.3 is 15.8 Å². The van der Waals surface area contributed by atoms with E-state index < -0.39 is 0 Å². The molecule has 0 unspecified atom stereocenters. The fourth-order valence-corrected chi connectivity index (χ4v) is 5.45. The van der Waals surface area contributed by atoms with Crippen molar-refractivity contribution in [2.75, 3.05) is 24.1 Å². The first-order chi connectivity index (χ1) is 20.5. The number of likely N-dealkylation sites (tertiary alicyclic amines) is 1. The molecule has 0 radical (unpaired) electrons. The minimum Gasteiger partial charge on any atom is -0.383 e. The second kappa shape index (κ2) is 12.4. The van der Waals surface area contributed by atoms with Crippen LogP contribution in [-0.2, 0) is 24.5 Å². The lowest BCUT2D eigenvalue weighted by atomic mass is 9.89. The Hall–Kier alpha value is -4.77. The number of nitrogens with two attached hydrogens (primary N) is 1. The van der Waals surface area contributed by atoms with Gasteiger partial charge in [0.25, 0.3) is 5.91 Å². The summed E-state index contributed by atoms with van der Waals surface area (Å²) >= 11 is 0. The second-order valence-corrected chi connectivity index (χ2v) is 10.8. The Kier molecular flexibility index (Phi) is 8.09. The van der Waals surface area contributed by atoms with Crippen molar-refractivity contribution in [3.8, 4) is 11.8 Å². The minimum atomic E-state index is -0.158. The predicted molar refractivity (Wildman–Crippen MR) is 163 cm³/mol. The number of nitrogens with one attached hydrogen (secondary N) is 1. The third kappa shape index (κ3) is 6.41. The number of rotatable bonds is 6. The second-order valence-electron chi connectivity index (χ2n) is 10.8. The summed E-state index contributed by atoms with van der Waals surface area (Å²) in [4.78, 5) is 32.1. The van der Waals surface area contributed by atoms with Gasteiger partial charge in [0.05, 0.1) is 18.8 Å². The number of pyridine rings is 1. The summed E-state index contributed by atoms with van der Waals surface area (Å²) in [7, 11) is 0. The van der Waals surface area contributed by atoms with Gasteiger partial charge in [-0.25, -0.2) is 4.98 Å². The van der Waals surface area contributed by atoms with Crippen LogP contribution in [0.5, 0.6) is 0 Å². The topological polar surface area (TPSA) is 97.5 Å². The lowest BCUT2D eigenvalue weighted by molar-refractivity contribution is 0.0835. The van der Waals surface area contributed by atoms with Gasteiger partial charge >= 0.3 is 0 Å². The first kappa shape index (κ1) is 27.4. The number of aromatic nitrogens is 1. The molecule has 0 saturated carbocycles. The summed E-state index contributed by atoms with van der Waals surface area (Å²) in [5.74, 6) is 6.60. The van der Waals surface area contributed by atoms with Crippen LogP contribution in [0.1, 0.15) is 61.4 Å². The molecule has 42 heavy (non-hydrogen) atoms. The summed E-state index contributed by atoms with van der Waals surface area (Å²) in [5.41, 5.74) is 13.2. The van der Waals surface area contributed by atoms with E-state index in [4.69, 9.17) is 10.5 Å². The molecular formula is C35H32N4O3. The summed E-state index contributed by atoms with van der Waals surface area (Å²) in [6.07, 6.45) is 3.19. The van der Waals surface area contributed by atoms with Crippen molar-refractivity contribution >= 4 is 23.2 Å². The number of fused-ring (bicyclic) bond motifs is 1. The van der Waals surface area contributed by atoms with Gasteiger partial charge in [-0.05, 0) is 103 Å². The molecule has 3 aromatic carbocycles. The molecule has 0 aliphatic carbocycles. The lowest BCUT2D eigenvalue weighted by Crippen LogP contribution is -2.36. The van der Waals surface area contributed by atoms with Crippen LogP contribution in [0.25, 0.3) is 0 Å². The number of hydrogen-bond donors (Lipinski definition) is 2. The van der Waals surface area contributed by atoms with Crippen LogP contribution in [0.15, 0.2) is 85.1 Å². The molecule has 7 heteroatoms. The Morgan fingerprint density at radius 2 is 1.62 bits per heavy atom. The summed E-state index contributed by atoms with van der Waals surface area (Å²) < 4.78 is 5.47. The van der Waals surface area contributed by atoms with Gasteiger partial charge in [0, 0.05) is 41.0 Å². The van der Waals surface area contributed by atoms with E-state index in [0.717, 1.165) is 54.9 Å². The SMILES string of the molecule is Nc1ncccc1C(=O)C1CCN(Cc2ccc(C(=O)Nc3ccc(C#Cc4ccc5c(c4)COC5)cc3)cc2)CC1. The third-order valence-electron chi connectivity index (χ3n) is 7.90. The van der Waals surface area contributed by atoms with Crippen LogP contribution in [0, 0.1) is 17.8 Å². The van der Waals surface area contributed by atoms with Crippen molar-refractivity contribution in [2.45, 2.75) is 32.6 Å². The highest BCUT2D eigenvalue weighted by atomic mass is 16.5. The highest BCUT2D eigenvalue weighted by molar-refractivity contribution is 6.04. The number of hydrogen-bond acceptors (Lipinski definition) is 6. The molecule has 6 rings (SSSR count). The molecule has 7 nitrogen and oxygen atoms in total. The molecule has 1 fully saturated rings. The maximum atomic E-state index is 12.9. The first-order valence-corrected chi connectivity index (χ1v) is 14.2. The Bertz CT molecular complexity index is 1660. The number of ether oxygens (including phenoxy) is 1. The van der Waals surface area contributed by atoms with Crippen molar-refractivity contribution in [1.82, 2.24) is 9.88 Å². The monoisotopic (exact) mass is 556 g/mol.